The first-order chi connectivity index (χ1) is 22.7. The molecule has 2 fully saturated rings. The molecule has 0 bridgehead atoms. The number of rotatable bonds is 6. The first kappa shape index (κ1) is 36.1. The summed E-state index contributed by atoms with van der Waals surface area (Å²) in [5, 5.41) is 4.03. The number of piperidine rings is 1. The third-order valence-corrected chi connectivity index (χ3v) is 9.44. The van der Waals surface area contributed by atoms with E-state index in [-0.39, 0.29) is 21.9 Å². The van der Waals surface area contributed by atoms with Gasteiger partial charge in [-0.1, -0.05) is 70.5 Å². The fourth-order valence-corrected chi connectivity index (χ4v) is 7.05. The molecule has 6 rings (SSSR count). The van der Waals surface area contributed by atoms with Crippen molar-refractivity contribution in [3.63, 3.8) is 0 Å². The Morgan fingerprint density at radius 2 is 1.54 bits per heavy atom. The molecule has 2 aliphatic heterocycles. The van der Waals surface area contributed by atoms with Gasteiger partial charge in [-0.15, -0.1) is 0 Å². The molecule has 2 saturated heterocycles. The first-order valence-corrected chi connectivity index (χ1v) is 17.3. The van der Waals surface area contributed by atoms with Crippen LogP contribution in [0.5, 0.6) is 0 Å². The number of halogens is 4. The van der Waals surface area contributed by atoms with Gasteiger partial charge >= 0.3 is 0 Å². The van der Waals surface area contributed by atoms with Gasteiger partial charge in [0, 0.05) is 44.9 Å². The van der Waals surface area contributed by atoms with Gasteiger partial charge in [-0.2, -0.15) is 19.6 Å². The van der Waals surface area contributed by atoms with E-state index < -0.39 is 23.0 Å². The molecule has 0 spiro atoms. The average Bonchev–Trinajstić information content (AvgIpc) is 3.45. The predicted octanol–water partition coefficient (Wildman–Crippen LogP) is 8.37. The van der Waals surface area contributed by atoms with Gasteiger partial charge in [0.05, 0.1) is 23.3 Å². The normalized spacial score (nSPS) is 20.1. The van der Waals surface area contributed by atoms with Gasteiger partial charge in [0.15, 0.2) is 0 Å². The minimum absolute atomic E-state index is 0.0502. The summed E-state index contributed by atoms with van der Waals surface area (Å²) in [4.78, 5) is 12.6. The zero-order valence-corrected chi connectivity index (χ0v) is 29.9. The van der Waals surface area contributed by atoms with Crippen molar-refractivity contribution < 1.29 is 17.9 Å². The van der Waals surface area contributed by atoms with Crippen molar-refractivity contribution in [2.75, 3.05) is 37.6 Å². The number of anilines is 1. The van der Waals surface area contributed by atoms with E-state index in [1.54, 1.807) is 0 Å². The van der Waals surface area contributed by atoms with Crippen LogP contribution in [0.3, 0.4) is 0 Å². The maximum absolute atomic E-state index is 14.5. The topological polar surface area (TPSA) is 58.8 Å². The van der Waals surface area contributed by atoms with Crippen LogP contribution in [-0.2, 0) is 16.6 Å². The minimum atomic E-state index is -1.04. The van der Waals surface area contributed by atoms with E-state index in [2.05, 4.69) is 92.7 Å². The largest absolute Gasteiger partial charge is 0.373 e. The van der Waals surface area contributed by atoms with Crippen molar-refractivity contribution in [2.24, 2.45) is 11.8 Å². The van der Waals surface area contributed by atoms with Gasteiger partial charge in [0.1, 0.15) is 34.7 Å². The zero-order chi connectivity index (χ0) is 34.7. The Hall–Kier alpha value is -3.21. The van der Waals surface area contributed by atoms with Gasteiger partial charge < -0.3 is 9.64 Å². The van der Waals surface area contributed by atoms with Crippen LogP contribution in [-0.4, -0.2) is 69.4 Å². The van der Waals surface area contributed by atoms with Crippen LogP contribution in [0.25, 0.3) is 16.9 Å². The smallest absolute Gasteiger partial charge is 0.255 e. The van der Waals surface area contributed by atoms with E-state index in [0.717, 1.165) is 32.4 Å². The SMILES string of the molecule is CC(Cc1ccc(C(C)(C)C)cc1)CN1C[C@@H](C)O[C@@H](C)C1.CC1CCN(c2c(-c3c(F)cc(F)cc3F)c(Cl)nc3ncnn23)CC1. The van der Waals surface area contributed by atoms with Gasteiger partial charge in [-0.05, 0) is 61.5 Å². The van der Waals surface area contributed by atoms with Crippen molar-refractivity contribution in [3.8, 4) is 11.1 Å². The molecule has 0 amide bonds. The Kier molecular flexibility index (Phi) is 11.4. The summed E-state index contributed by atoms with van der Waals surface area (Å²) in [7, 11) is 0. The highest BCUT2D eigenvalue weighted by atomic mass is 35.5. The molecule has 2 aliphatic rings. The Labute approximate surface area is 287 Å². The Balaban J connectivity index is 0.000000191. The van der Waals surface area contributed by atoms with Gasteiger partial charge in [-0.3, -0.25) is 4.90 Å². The van der Waals surface area contributed by atoms with Crippen LogP contribution in [0.1, 0.15) is 72.4 Å². The van der Waals surface area contributed by atoms with Crippen molar-refractivity contribution in [2.45, 2.75) is 85.4 Å². The molecule has 260 valence electrons. The number of morpholine rings is 1. The molecule has 0 radical (unpaired) electrons. The third-order valence-electron chi connectivity index (χ3n) is 9.17. The summed E-state index contributed by atoms with van der Waals surface area (Å²) < 4.78 is 49.6. The van der Waals surface area contributed by atoms with Crippen LogP contribution in [0.15, 0.2) is 42.7 Å². The maximum atomic E-state index is 14.5. The summed E-state index contributed by atoms with van der Waals surface area (Å²) in [6.07, 6.45) is 5.03. The lowest BCUT2D eigenvalue weighted by Crippen LogP contribution is -2.47. The lowest BCUT2D eigenvalue weighted by molar-refractivity contribution is -0.0708. The van der Waals surface area contributed by atoms with E-state index >= 15 is 0 Å². The Bertz CT molecular complexity index is 1650. The average molecular weight is 685 g/mol. The van der Waals surface area contributed by atoms with Gasteiger partial charge in [-0.25, -0.2) is 13.2 Å². The summed E-state index contributed by atoms with van der Waals surface area (Å²) >= 11 is 6.29. The summed E-state index contributed by atoms with van der Waals surface area (Å²) in [6, 6.07) is 10.5. The first-order valence-electron chi connectivity index (χ1n) is 17.0. The second-order valence-corrected chi connectivity index (χ2v) is 15.1. The molecule has 2 aromatic carbocycles. The number of aromatic nitrogens is 4. The minimum Gasteiger partial charge on any atom is -0.373 e. The highest BCUT2D eigenvalue weighted by Crippen LogP contribution is 2.40. The number of hydrogen-bond acceptors (Lipinski definition) is 6. The Morgan fingerprint density at radius 3 is 2.12 bits per heavy atom. The quantitative estimate of drug-likeness (QED) is 0.190. The monoisotopic (exact) mass is 684 g/mol. The summed E-state index contributed by atoms with van der Waals surface area (Å²) in [6.45, 7) is 20.3. The predicted molar refractivity (Wildman–Crippen MR) is 186 cm³/mol. The molecular formula is C37H48ClF3N6O. The van der Waals surface area contributed by atoms with Crippen LogP contribution in [0.4, 0.5) is 19.0 Å². The standard InChI is InChI=1S/C20H33NO.C17H15ClF3N5/c1-15(12-21-13-16(2)22-17(3)14-21)11-18-7-9-19(10-8-18)20(4,5)6;1-9-2-4-25(5-3-9)16-14(13-11(20)6-10(19)7-12(13)21)15(18)24-17-22-8-23-26(16)17/h7-10,15-17H,11-14H2,1-6H3;6-9H,2-5H2,1H3/t15?,16-,17+;. The van der Waals surface area contributed by atoms with Gasteiger partial charge in [0.25, 0.3) is 5.78 Å². The molecule has 1 unspecified atom stereocenters. The molecule has 3 atom stereocenters. The zero-order valence-electron chi connectivity index (χ0n) is 29.1. The number of hydrogen-bond donors (Lipinski definition) is 0. The van der Waals surface area contributed by atoms with Crippen molar-refractivity contribution >= 4 is 23.2 Å². The van der Waals surface area contributed by atoms with Crippen molar-refractivity contribution in [1.82, 2.24) is 24.5 Å². The van der Waals surface area contributed by atoms with E-state index in [0.29, 0.717) is 55.1 Å². The van der Waals surface area contributed by atoms with Crippen LogP contribution < -0.4 is 4.90 Å². The highest BCUT2D eigenvalue weighted by Gasteiger charge is 2.29. The number of ether oxygens (including phenoxy) is 1. The van der Waals surface area contributed by atoms with Crippen molar-refractivity contribution in [3.05, 3.63) is 76.5 Å². The third kappa shape index (κ3) is 8.68. The van der Waals surface area contributed by atoms with Crippen LogP contribution in [0, 0.1) is 29.3 Å². The van der Waals surface area contributed by atoms with Crippen molar-refractivity contribution in [1.29, 1.82) is 0 Å². The molecule has 11 heteroatoms. The molecule has 4 aromatic rings. The molecule has 4 heterocycles. The second kappa shape index (κ2) is 15.1. The fourth-order valence-electron chi connectivity index (χ4n) is 6.79. The molecule has 2 aromatic heterocycles. The van der Waals surface area contributed by atoms with Crippen LogP contribution >= 0.6 is 11.6 Å². The molecule has 0 N–H and O–H groups in total. The fraction of sp³-hybridized carbons (Fsp3) is 0.541. The number of nitrogens with zero attached hydrogens (tertiary/aromatic N) is 6. The molecule has 0 saturated carbocycles. The second-order valence-electron chi connectivity index (χ2n) is 14.7. The number of fused-ring (bicyclic) bond motifs is 1. The Morgan fingerprint density at radius 1 is 0.938 bits per heavy atom. The summed E-state index contributed by atoms with van der Waals surface area (Å²) in [5.41, 5.74) is 2.74. The van der Waals surface area contributed by atoms with E-state index in [4.69, 9.17) is 16.3 Å². The molecule has 0 aliphatic carbocycles. The number of benzene rings is 2. The molecule has 7 nitrogen and oxygen atoms in total. The van der Waals surface area contributed by atoms with E-state index in [1.165, 1.54) is 28.5 Å². The van der Waals surface area contributed by atoms with E-state index in [1.807, 2.05) is 4.90 Å². The maximum Gasteiger partial charge on any atom is 0.255 e. The highest BCUT2D eigenvalue weighted by molar-refractivity contribution is 6.33. The molecular weight excluding hydrogens is 637 g/mol. The summed E-state index contributed by atoms with van der Waals surface area (Å²) in [5.74, 6) is -1.21. The van der Waals surface area contributed by atoms with E-state index in [9.17, 15) is 13.2 Å². The van der Waals surface area contributed by atoms with Crippen LogP contribution in [0.2, 0.25) is 5.15 Å². The molecule has 48 heavy (non-hydrogen) atoms. The lowest BCUT2D eigenvalue weighted by atomic mass is 9.86. The van der Waals surface area contributed by atoms with Gasteiger partial charge in [0.2, 0.25) is 0 Å². The lowest BCUT2D eigenvalue weighted by Gasteiger charge is -2.36.